The minimum Gasteiger partial charge on any atom is -0.321 e. The normalized spacial score (nSPS) is 15.0. The summed E-state index contributed by atoms with van der Waals surface area (Å²) in [6.07, 6.45) is 0. The Morgan fingerprint density at radius 1 is 0.931 bits per heavy atom. The number of rotatable bonds is 3. The van der Waals surface area contributed by atoms with Gasteiger partial charge in [0, 0.05) is 28.9 Å². The molecule has 0 saturated heterocycles. The van der Waals surface area contributed by atoms with Gasteiger partial charge in [-0.2, -0.15) is 0 Å². The number of benzene rings is 3. The number of halogens is 1. The van der Waals surface area contributed by atoms with E-state index in [1.54, 1.807) is 66.7 Å². The Balaban J connectivity index is 2.01. The van der Waals surface area contributed by atoms with Gasteiger partial charge in [-0.15, -0.1) is 0 Å². The first-order valence-corrected chi connectivity index (χ1v) is 10.7. The van der Waals surface area contributed by atoms with Gasteiger partial charge in [-0.05, 0) is 35.9 Å². The van der Waals surface area contributed by atoms with Crippen molar-refractivity contribution >= 4 is 44.5 Å². The van der Waals surface area contributed by atoms with Gasteiger partial charge >= 0.3 is 0 Å². The van der Waals surface area contributed by atoms with E-state index in [0.29, 0.717) is 33.1 Å². The molecule has 0 bridgehead atoms. The average Bonchev–Trinajstić information content (AvgIpc) is 2.71. The minimum absolute atomic E-state index is 0.315. The molecular formula is C22H17ClN2O3S. The van der Waals surface area contributed by atoms with E-state index in [9.17, 15) is 13.2 Å². The Morgan fingerprint density at radius 2 is 1.55 bits per heavy atom. The van der Waals surface area contributed by atoms with Crippen molar-refractivity contribution in [2.75, 3.05) is 16.7 Å². The van der Waals surface area contributed by atoms with Gasteiger partial charge in [0.1, 0.15) is 0 Å². The predicted molar refractivity (Wildman–Crippen MR) is 116 cm³/mol. The molecule has 1 aliphatic rings. The van der Waals surface area contributed by atoms with Crippen LogP contribution >= 0.6 is 11.6 Å². The number of sulfonamides is 1. The summed E-state index contributed by atoms with van der Waals surface area (Å²) in [7, 11) is -2.66. The molecule has 0 radical (unpaired) electrons. The van der Waals surface area contributed by atoms with E-state index < -0.39 is 15.9 Å². The number of hydrogen-bond acceptors (Lipinski definition) is 3. The fourth-order valence-electron chi connectivity index (χ4n) is 3.33. The lowest BCUT2D eigenvalue weighted by Gasteiger charge is -2.31. The van der Waals surface area contributed by atoms with E-state index in [1.807, 2.05) is 12.1 Å². The Hall–Kier alpha value is -3.09. The van der Waals surface area contributed by atoms with Crippen LogP contribution in [0.25, 0.3) is 5.57 Å². The van der Waals surface area contributed by atoms with E-state index in [0.717, 1.165) is 4.31 Å². The van der Waals surface area contributed by atoms with Crippen molar-refractivity contribution in [3.05, 3.63) is 99.9 Å². The van der Waals surface area contributed by atoms with Gasteiger partial charge in [0.2, 0.25) is 0 Å². The van der Waals surface area contributed by atoms with Gasteiger partial charge in [0.05, 0.1) is 5.69 Å². The number of fused-ring (bicyclic) bond motifs is 1. The highest BCUT2D eigenvalue weighted by atomic mass is 35.5. The Morgan fingerprint density at radius 3 is 2.21 bits per heavy atom. The van der Waals surface area contributed by atoms with Crippen molar-refractivity contribution in [1.82, 2.24) is 0 Å². The molecule has 4 rings (SSSR count). The minimum atomic E-state index is -4.09. The molecule has 5 nitrogen and oxygen atoms in total. The summed E-state index contributed by atoms with van der Waals surface area (Å²) < 4.78 is 27.8. The van der Waals surface area contributed by atoms with Crippen LogP contribution in [0.4, 0.5) is 11.4 Å². The third-order valence-corrected chi connectivity index (χ3v) is 6.77. The van der Waals surface area contributed by atoms with Gasteiger partial charge < -0.3 is 5.32 Å². The number of hydrogen-bond donors (Lipinski definition) is 1. The van der Waals surface area contributed by atoms with Crippen molar-refractivity contribution in [3.8, 4) is 0 Å². The van der Waals surface area contributed by atoms with Crippen LogP contribution in [-0.4, -0.2) is 21.4 Å². The maximum atomic E-state index is 13.4. The lowest BCUT2D eigenvalue weighted by Crippen LogP contribution is -2.37. The second kappa shape index (κ2) is 7.39. The molecule has 0 spiro atoms. The molecule has 3 aromatic carbocycles. The highest BCUT2D eigenvalue weighted by molar-refractivity contribution is 7.97. The Labute approximate surface area is 174 Å². The summed E-state index contributed by atoms with van der Waals surface area (Å²) in [6, 6.07) is 22.7. The summed E-state index contributed by atoms with van der Waals surface area (Å²) in [5, 5.41) is 3.15. The number of nitrogens with one attached hydrogen (secondary N) is 1. The molecule has 0 atom stereocenters. The third kappa shape index (κ3) is 3.41. The summed E-state index contributed by atoms with van der Waals surface area (Å²) in [5.41, 5.74) is 2.50. The smallest absolute Gasteiger partial charge is 0.270 e. The van der Waals surface area contributed by atoms with Crippen LogP contribution < -0.4 is 9.62 Å². The molecule has 3 aromatic rings. The molecule has 0 fully saturated rings. The maximum Gasteiger partial charge on any atom is 0.270 e. The number of anilines is 2. The van der Waals surface area contributed by atoms with Crippen LogP contribution in [0, 0.1) is 0 Å². The van der Waals surface area contributed by atoms with E-state index >= 15 is 0 Å². The second-order valence-electron chi connectivity index (χ2n) is 6.52. The number of carbonyl (C=O) groups is 1. The molecular weight excluding hydrogens is 408 g/mol. The number of amides is 1. The Bertz CT molecular complexity index is 1220. The summed E-state index contributed by atoms with van der Waals surface area (Å²) in [6.45, 7) is 0. The highest BCUT2D eigenvalue weighted by Crippen LogP contribution is 2.43. The molecule has 0 unspecified atom stereocenters. The van der Waals surface area contributed by atoms with Gasteiger partial charge in [-0.1, -0.05) is 60.1 Å². The molecule has 1 aliphatic heterocycles. The number of carbonyl (C=O) groups excluding carboxylic acids is 1. The van der Waals surface area contributed by atoms with Gasteiger partial charge in [0.15, 0.2) is 4.91 Å². The zero-order valence-electron chi connectivity index (χ0n) is 15.5. The van der Waals surface area contributed by atoms with Crippen LogP contribution in [0.3, 0.4) is 0 Å². The lowest BCUT2D eigenvalue weighted by molar-refractivity contribution is -0.112. The SMILES string of the molecule is CN1c2ccc(Cl)cc2C(c2ccccc2)=C(C(=O)Nc2ccccc2)S1(=O)=O. The molecule has 0 aromatic heterocycles. The van der Waals surface area contributed by atoms with Crippen LogP contribution in [0.5, 0.6) is 0 Å². The molecule has 0 aliphatic carbocycles. The summed E-state index contributed by atoms with van der Waals surface area (Å²) in [4.78, 5) is 12.9. The third-order valence-electron chi connectivity index (χ3n) is 4.71. The second-order valence-corrected chi connectivity index (χ2v) is 8.87. The van der Waals surface area contributed by atoms with Crippen molar-refractivity contribution in [1.29, 1.82) is 0 Å². The van der Waals surface area contributed by atoms with Crippen molar-refractivity contribution in [2.45, 2.75) is 0 Å². The Kier molecular flexibility index (Phi) is 4.90. The topological polar surface area (TPSA) is 66.5 Å². The van der Waals surface area contributed by atoms with Crippen LogP contribution in [0.2, 0.25) is 5.02 Å². The molecule has 1 amide bonds. The van der Waals surface area contributed by atoms with E-state index in [1.165, 1.54) is 7.05 Å². The van der Waals surface area contributed by atoms with E-state index in [2.05, 4.69) is 5.32 Å². The van der Waals surface area contributed by atoms with Gasteiger partial charge in [-0.3, -0.25) is 9.10 Å². The molecule has 7 heteroatoms. The molecule has 29 heavy (non-hydrogen) atoms. The summed E-state index contributed by atoms with van der Waals surface area (Å²) >= 11 is 6.21. The number of nitrogens with zero attached hydrogens (tertiary/aromatic N) is 1. The van der Waals surface area contributed by atoms with Gasteiger partial charge in [-0.25, -0.2) is 8.42 Å². The van der Waals surface area contributed by atoms with Crippen LogP contribution in [0.15, 0.2) is 83.8 Å². The van der Waals surface area contributed by atoms with Crippen molar-refractivity contribution in [2.24, 2.45) is 0 Å². The molecule has 0 saturated carbocycles. The fraction of sp³-hybridized carbons (Fsp3) is 0.0455. The average molecular weight is 425 g/mol. The van der Waals surface area contributed by atoms with Crippen LogP contribution in [-0.2, 0) is 14.8 Å². The molecule has 1 N–H and O–H groups in total. The first-order valence-electron chi connectivity index (χ1n) is 8.84. The van der Waals surface area contributed by atoms with Crippen molar-refractivity contribution < 1.29 is 13.2 Å². The maximum absolute atomic E-state index is 13.4. The standard InChI is InChI=1S/C22H17ClN2O3S/c1-25-19-13-12-16(23)14-18(19)20(15-8-4-2-5-9-15)21(29(25,27)28)22(26)24-17-10-6-3-7-11-17/h2-14H,1H3,(H,24,26). The number of para-hydroxylation sites is 1. The van der Waals surface area contributed by atoms with E-state index in [4.69, 9.17) is 11.6 Å². The molecule has 1 heterocycles. The highest BCUT2D eigenvalue weighted by Gasteiger charge is 2.39. The monoisotopic (exact) mass is 424 g/mol. The largest absolute Gasteiger partial charge is 0.321 e. The first kappa shape index (κ1) is 19.2. The quantitative estimate of drug-likeness (QED) is 0.672. The van der Waals surface area contributed by atoms with Crippen LogP contribution in [0.1, 0.15) is 11.1 Å². The van der Waals surface area contributed by atoms with E-state index in [-0.39, 0.29) is 4.91 Å². The zero-order chi connectivity index (χ0) is 20.6. The lowest BCUT2D eigenvalue weighted by atomic mass is 9.95. The first-order chi connectivity index (χ1) is 13.9. The fourth-order valence-corrected chi connectivity index (χ4v) is 4.97. The van der Waals surface area contributed by atoms with Gasteiger partial charge in [0.25, 0.3) is 15.9 Å². The zero-order valence-corrected chi connectivity index (χ0v) is 17.0. The molecule has 146 valence electrons. The summed E-state index contributed by atoms with van der Waals surface area (Å²) in [5.74, 6) is -0.701. The van der Waals surface area contributed by atoms with Crippen molar-refractivity contribution in [3.63, 3.8) is 0 Å². The predicted octanol–water partition coefficient (Wildman–Crippen LogP) is 4.52.